The maximum Gasteiger partial charge on any atom is 0.313 e. The Kier molecular flexibility index (Phi) is 7.39. The van der Waals surface area contributed by atoms with Crippen molar-refractivity contribution in [3.8, 4) is 0 Å². The fourth-order valence-electron chi connectivity index (χ4n) is 3.76. The van der Waals surface area contributed by atoms with Gasteiger partial charge in [0.1, 0.15) is 16.8 Å². The van der Waals surface area contributed by atoms with Crippen molar-refractivity contribution in [1.82, 2.24) is 25.1 Å². The van der Waals surface area contributed by atoms with Crippen LogP contribution in [0.4, 0.5) is 5.00 Å². The molecule has 2 amide bonds. The molecule has 0 aliphatic carbocycles. The molecule has 2 aliphatic rings. The quantitative estimate of drug-likeness (QED) is 0.222. The lowest BCUT2D eigenvalue weighted by Gasteiger charge is -2.56. The van der Waals surface area contributed by atoms with Gasteiger partial charge in [0.05, 0.1) is 23.8 Å². The van der Waals surface area contributed by atoms with E-state index in [4.69, 9.17) is 10.9 Å². The van der Waals surface area contributed by atoms with Crippen LogP contribution in [0.15, 0.2) is 22.7 Å². The number of sulfonamides is 1. The topological polar surface area (TPSA) is 208 Å². The first kappa shape index (κ1) is 25.8. The summed E-state index contributed by atoms with van der Waals surface area (Å²) >= 11 is 3.67. The monoisotopic (exact) mass is 562 g/mol. The number of aryl methyl sites for hydroxylation is 1. The van der Waals surface area contributed by atoms with Gasteiger partial charge in [-0.2, -0.15) is 0 Å². The molecule has 5 N–H and O–H groups in total. The van der Waals surface area contributed by atoms with Gasteiger partial charge in [0.25, 0.3) is 0 Å². The van der Waals surface area contributed by atoms with Crippen molar-refractivity contribution in [3.05, 3.63) is 17.5 Å². The first-order chi connectivity index (χ1) is 16.6. The van der Waals surface area contributed by atoms with Crippen molar-refractivity contribution in [3.63, 3.8) is 0 Å². The molecule has 2 fully saturated rings. The maximum atomic E-state index is 13.1. The highest BCUT2D eigenvalue weighted by atomic mass is 32.2. The van der Waals surface area contributed by atoms with Crippen LogP contribution in [0, 0.1) is 5.41 Å². The number of carbonyl (C=O) groups is 3. The number of aromatic nitrogens is 4. The van der Waals surface area contributed by atoms with E-state index < -0.39 is 32.8 Å². The average molecular weight is 563 g/mol. The molecule has 35 heavy (non-hydrogen) atoms. The number of fused-ring (bicyclic) bond motifs is 1. The molecule has 2 aromatic heterocycles. The number of amides is 2. The number of nitrogens with two attached hydrogens (primary N) is 2. The number of hydrogen-bond donors (Lipinski definition) is 3. The van der Waals surface area contributed by atoms with Crippen molar-refractivity contribution in [1.29, 1.82) is 0 Å². The number of carboxylic acid groups (broad SMARTS) is 1. The summed E-state index contributed by atoms with van der Waals surface area (Å²) in [5.41, 5.74) is 4.28. The summed E-state index contributed by atoms with van der Waals surface area (Å²) in [5, 5.41) is 28.4. The van der Waals surface area contributed by atoms with Crippen LogP contribution in [-0.4, -0.2) is 98.2 Å². The third kappa shape index (κ3) is 5.17. The number of nitrogens with zero attached hydrogens (tertiary/aromatic N) is 6. The summed E-state index contributed by atoms with van der Waals surface area (Å²) in [4.78, 5) is 40.9. The molecule has 4 heterocycles. The molecule has 14 nitrogen and oxygen atoms in total. The molecule has 18 heteroatoms. The molecule has 0 bridgehead atoms. The average Bonchev–Trinajstić information content (AvgIpc) is 3.50. The second-order valence-corrected chi connectivity index (χ2v) is 12.7. The van der Waals surface area contributed by atoms with Crippen LogP contribution in [0.3, 0.4) is 0 Å². The molecular formula is C17H22N8O6S4. The Balaban J connectivity index is 1.47. The van der Waals surface area contributed by atoms with Gasteiger partial charge < -0.3 is 15.7 Å². The van der Waals surface area contributed by atoms with Gasteiger partial charge in [0.2, 0.25) is 27.0 Å². The van der Waals surface area contributed by atoms with E-state index in [1.165, 1.54) is 37.6 Å². The maximum absolute atomic E-state index is 13.1. The van der Waals surface area contributed by atoms with Gasteiger partial charge in [-0.25, -0.2) is 18.2 Å². The molecule has 2 aromatic rings. The predicted molar refractivity (Wildman–Crippen MR) is 129 cm³/mol. The molecule has 4 rings (SSSR count). The summed E-state index contributed by atoms with van der Waals surface area (Å²) in [6.07, 6.45) is 0. The van der Waals surface area contributed by atoms with E-state index >= 15 is 0 Å². The van der Waals surface area contributed by atoms with Crippen molar-refractivity contribution >= 4 is 67.7 Å². The third-order valence-corrected chi connectivity index (χ3v) is 10.0. The van der Waals surface area contributed by atoms with Gasteiger partial charge in [-0.05, 0) is 27.9 Å². The molecule has 0 radical (unpaired) electrons. The van der Waals surface area contributed by atoms with Gasteiger partial charge in [-0.15, -0.1) is 28.2 Å². The number of hydrogen-bond acceptors (Lipinski definition) is 12. The van der Waals surface area contributed by atoms with Crippen LogP contribution >= 0.6 is 34.9 Å². The molecule has 3 atom stereocenters. The number of rotatable bonds is 10. The minimum Gasteiger partial charge on any atom is -0.481 e. The van der Waals surface area contributed by atoms with E-state index in [9.17, 15) is 27.9 Å². The van der Waals surface area contributed by atoms with Crippen molar-refractivity contribution in [2.45, 2.75) is 23.1 Å². The highest BCUT2D eigenvalue weighted by molar-refractivity contribution is 8.00. The van der Waals surface area contributed by atoms with Gasteiger partial charge >= 0.3 is 5.97 Å². The SMILES string of the molecule is NCC(=O)N(c1cccs1)C1C(=O)N2CC(CSc3nnnn3CCS(N)(=O)=O)(C(=O)O)CS[C@H]12. The van der Waals surface area contributed by atoms with Crippen LogP contribution in [0.5, 0.6) is 0 Å². The van der Waals surface area contributed by atoms with E-state index in [0.717, 1.165) is 11.8 Å². The van der Waals surface area contributed by atoms with E-state index in [1.54, 1.807) is 17.5 Å². The van der Waals surface area contributed by atoms with E-state index in [2.05, 4.69) is 15.5 Å². The second-order valence-electron chi connectivity index (χ2n) is 7.96. The first-order valence-electron chi connectivity index (χ1n) is 10.2. The molecule has 2 aliphatic heterocycles. The van der Waals surface area contributed by atoms with Crippen LogP contribution in [0.1, 0.15) is 0 Å². The fraction of sp³-hybridized carbons (Fsp3) is 0.529. The molecule has 2 unspecified atom stereocenters. The van der Waals surface area contributed by atoms with Crippen LogP contribution < -0.4 is 15.8 Å². The number of carbonyl (C=O) groups excluding carboxylic acids is 2. The molecule has 190 valence electrons. The Bertz CT molecular complexity index is 1220. The molecule has 0 saturated carbocycles. The zero-order valence-corrected chi connectivity index (χ0v) is 21.4. The van der Waals surface area contributed by atoms with Gasteiger partial charge in [-0.1, -0.05) is 11.8 Å². The number of β-lactam (4-membered cyclic amide) rings is 1. The Hall–Kier alpha value is -2.25. The Morgan fingerprint density at radius 2 is 2.17 bits per heavy atom. The zero-order chi connectivity index (χ0) is 25.4. The molecule has 0 spiro atoms. The smallest absolute Gasteiger partial charge is 0.313 e. The lowest BCUT2D eigenvalue weighted by Crippen LogP contribution is -2.75. The number of thioether (sulfide) groups is 2. The normalized spacial score (nSPS) is 24.1. The van der Waals surface area contributed by atoms with E-state index in [-0.39, 0.29) is 53.9 Å². The minimum absolute atomic E-state index is 0.0443. The second kappa shape index (κ2) is 10.0. The lowest BCUT2D eigenvalue weighted by atomic mass is 9.89. The Labute approximate surface area is 212 Å². The zero-order valence-electron chi connectivity index (χ0n) is 18.1. The van der Waals surface area contributed by atoms with Crippen molar-refractivity contribution in [2.75, 3.05) is 35.2 Å². The van der Waals surface area contributed by atoms with E-state index in [1.807, 2.05) is 0 Å². The molecule has 2 saturated heterocycles. The summed E-state index contributed by atoms with van der Waals surface area (Å²) in [6, 6.07) is 2.76. The van der Waals surface area contributed by atoms with Gasteiger partial charge in [-0.3, -0.25) is 19.3 Å². The van der Waals surface area contributed by atoms with Crippen LogP contribution in [0.2, 0.25) is 0 Å². The standard InChI is InChI=1S/C17H22N8O6S4/c18-6-10(26)25(11-2-1-4-32-11)12-13(27)23-7-17(15(28)29,8-33-14(12)23)9-34-16-20-21-22-24(16)3-5-35(19,30)31/h1-2,4,12,14H,3,5-9,18H2,(H,28,29)(H2,19,30,31)/t12?,14-,17?/m1/s1. The summed E-state index contributed by atoms with van der Waals surface area (Å²) < 4.78 is 23.7. The lowest BCUT2D eigenvalue weighted by molar-refractivity contribution is -0.156. The number of primary sulfonamides is 1. The van der Waals surface area contributed by atoms with Gasteiger partial charge in [0.15, 0.2) is 0 Å². The highest BCUT2D eigenvalue weighted by Gasteiger charge is 2.59. The largest absolute Gasteiger partial charge is 0.481 e. The Morgan fingerprint density at radius 1 is 1.40 bits per heavy atom. The number of carboxylic acids is 1. The van der Waals surface area contributed by atoms with Crippen molar-refractivity contribution < 1.29 is 27.9 Å². The highest BCUT2D eigenvalue weighted by Crippen LogP contribution is 2.46. The number of anilines is 1. The predicted octanol–water partition coefficient (Wildman–Crippen LogP) is -1.54. The Morgan fingerprint density at radius 3 is 2.80 bits per heavy atom. The summed E-state index contributed by atoms with van der Waals surface area (Å²) in [6.45, 7) is -0.379. The number of thiophene rings is 1. The number of tetrazole rings is 1. The fourth-order valence-corrected chi connectivity index (χ4v) is 7.78. The minimum atomic E-state index is -3.73. The van der Waals surface area contributed by atoms with Crippen LogP contribution in [-0.2, 0) is 31.0 Å². The van der Waals surface area contributed by atoms with Crippen molar-refractivity contribution in [2.24, 2.45) is 16.3 Å². The summed E-state index contributed by atoms with van der Waals surface area (Å²) in [5.74, 6) is -1.95. The molecular weight excluding hydrogens is 541 g/mol. The van der Waals surface area contributed by atoms with Gasteiger partial charge in [0, 0.05) is 18.1 Å². The number of aliphatic carboxylic acids is 1. The van der Waals surface area contributed by atoms with E-state index in [0.29, 0.717) is 5.00 Å². The summed E-state index contributed by atoms with van der Waals surface area (Å²) in [7, 11) is -3.73. The molecule has 0 aromatic carbocycles. The van der Waals surface area contributed by atoms with Crippen LogP contribution in [0.25, 0.3) is 0 Å². The first-order valence-corrected chi connectivity index (χ1v) is 14.8. The third-order valence-electron chi connectivity index (χ3n) is 5.60.